The molecule has 3 aliphatic rings. The zero-order chi connectivity index (χ0) is 17.8. The lowest BCUT2D eigenvalue weighted by atomic mass is 10.0. The molecule has 5 rings (SSSR count). The van der Waals surface area contributed by atoms with Gasteiger partial charge < -0.3 is 10.1 Å². The van der Waals surface area contributed by atoms with Gasteiger partial charge in [-0.2, -0.15) is 0 Å². The summed E-state index contributed by atoms with van der Waals surface area (Å²) in [4.78, 5) is 38.9. The van der Waals surface area contributed by atoms with Crippen molar-refractivity contribution in [1.82, 2.24) is 10.2 Å². The molecule has 1 unspecified atom stereocenters. The summed E-state index contributed by atoms with van der Waals surface area (Å²) in [6.45, 7) is 0.378. The fraction of sp³-hybridized carbons (Fsp3) is 0.250. The van der Waals surface area contributed by atoms with Crippen molar-refractivity contribution in [1.29, 1.82) is 0 Å². The molecule has 2 heterocycles. The maximum Gasteiger partial charge on any atom is 0.261 e. The molecule has 0 spiro atoms. The van der Waals surface area contributed by atoms with E-state index in [0.717, 1.165) is 24.2 Å². The van der Waals surface area contributed by atoms with Crippen LogP contribution in [-0.2, 0) is 0 Å². The molecule has 1 saturated carbocycles. The van der Waals surface area contributed by atoms with Crippen LogP contribution in [0, 0.1) is 0 Å². The lowest BCUT2D eigenvalue weighted by Gasteiger charge is -2.12. The van der Waals surface area contributed by atoms with Crippen molar-refractivity contribution < 1.29 is 19.1 Å². The molecule has 0 saturated heterocycles. The number of carbonyl (C=O) groups excluding carboxylic acids is 3. The second kappa shape index (κ2) is 5.42. The SMILES string of the molecule is O=C(NC1COc2ccccc21)c1ccc2c(c1)C(=O)N(C1CC1)C2=O. The number of rotatable bonds is 3. The first-order valence-corrected chi connectivity index (χ1v) is 8.68. The Morgan fingerprint density at radius 2 is 1.81 bits per heavy atom. The molecule has 3 amide bonds. The number of imide groups is 1. The van der Waals surface area contributed by atoms with Crippen LogP contribution in [0.15, 0.2) is 42.5 Å². The van der Waals surface area contributed by atoms with Crippen molar-refractivity contribution in [3.05, 3.63) is 64.7 Å². The number of nitrogens with zero attached hydrogens (tertiary/aromatic N) is 1. The second-order valence-electron chi connectivity index (χ2n) is 6.85. The standard InChI is InChI=1S/C20H16N2O4/c23-18(21-16-10-26-17-4-2-1-3-14(16)17)11-5-8-13-15(9-11)20(25)22(19(13)24)12-6-7-12/h1-5,8-9,12,16H,6-7,10H2,(H,21,23). The number of hydrogen-bond donors (Lipinski definition) is 1. The van der Waals surface area contributed by atoms with Gasteiger partial charge in [0.1, 0.15) is 12.4 Å². The Morgan fingerprint density at radius 3 is 2.62 bits per heavy atom. The largest absolute Gasteiger partial charge is 0.491 e. The number of hydrogen-bond acceptors (Lipinski definition) is 4. The van der Waals surface area contributed by atoms with Gasteiger partial charge in [0.15, 0.2) is 0 Å². The second-order valence-corrected chi connectivity index (χ2v) is 6.85. The highest BCUT2D eigenvalue weighted by molar-refractivity contribution is 6.22. The zero-order valence-corrected chi connectivity index (χ0v) is 13.9. The van der Waals surface area contributed by atoms with Gasteiger partial charge in [-0.3, -0.25) is 19.3 Å². The van der Waals surface area contributed by atoms with Crippen LogP contribution in [-0.4, -0.2) is 35.3 Å². The average molecular weight is 348 g/mol. The molecule has 1 atom stereocenters. The lowest BCUT2D eigenvalue weighted by Crippen LogP contribution is -2.31. The Balaban J connectivity index is 1.40. The van der Waals surface area contributed by atoms with Crippen LogP contribution < -0.4 is 10.1 Å². The molecule has 1 N–H and O–H groups in total. The van der Waals surface area contributed by atoms with Crippen LogP contribution in [0.2, 0.25) is 0 Å². The Hall–Kier alpha value is -3.15. The smallest absolute Gasteiger partial charge is 0.261 e. The molecule has 1 fully saturated rings. The van der Waals surface area contributed by atoms with Gasteiger partial charge >= 0.3 is 0 Å². The predicted molar refractivity (Wildman–Crippen MR) is 92.1 cm³/mol. The summed E-state index contributed by atoms with van der Waals surface area (Å²) < 4.78 is 5.58. The lowest BCUT2D eigenvalue weighted by molar-refractivity contribution is 0.0642. The van der Waals surface area contributed by atoms with E-state index in [4.69, 9.17) is 4.74 Å². The first kappa shape index (κ1) is 15.1. The minimum Gasteiger partial charge on any atom is -0.491 e. The van der Waals surface area contributed by atoms with Crippen molar-refractivity contribution >= 4 is 17.7 Å². The summed E-state index contributed by atoms with van der Waals surface area (Å²) in [5.74, 6) is -0.0647. The van der Waals surface area contributed by atoms with Gasteiger partial charge in [0.2, 0.25) is 0 Å². The van der Waals surface area contributed by atoms with Crippen LogP contribution in [0.4, 0.5) is 0 Å². The van der Waals surface area contributed by atoms with Crippen molar-refractivity contribution in [3.63, 3.8) is 0 Å². The Bertz CT molecular complexity index is 964. The highest BCUT2D eigenvalue weighted by atomic mass is 16.5. The number of ether oxygens (including phenoxy) is 1. The molecule has 0 aromatic heterocycles. The van der Waals surface area contributed by atoms with E-state index in [1.54, 1.807) is 12.1 Å². The monoisotopic (exact) mass is 348 g/mol. The molecule has 0 bridgehead atoms. The van der Waals surface area contributed by atoms with E-state index in [0.29, 0.717) is 23.3 Å². The van der Waals surface area contributed by atoms with Gasteiger partial charge in [-0.15, -0.1) is 0 Å². The van der Waals surface area contributed by atoms with Crippen LogP contribution >= 0.6 is 0 Å². The molecule has 1 aliphatic carbocycles. The fourth-order valence-corrected chi connectivity index (χ4v) is 3.59. The molecule has 6 nitrogen and oxygen atoms in total. The van der Waals surface area contributed by atoms with Gasteiger partial charge in [-0.05, 0) is 37.1 Å². The highest BCUT2D eigenvalue weighted by Gasteiger charge is 2.44. The number of nitrogens with one attached hydrogen (secondary N) is 1. The molecule has 26 heavy (non-hydrogen) atoms. The summed E-state index contributed by atoms with van der Waals surface area (Å²) in [5, 5.41) is 2.94. The number of amides is 3. The summed E-state index contributed by atoms with van der Waals surface area (Å²) in [6, 6.07) is 12.1. The highest BCUT2D eigenvalue weighted by Crippen LogP contribution is 2.35. The molecular formula is C20H16N2O4. The number of fused-ring (bicyclic) bond motifs is 2. The molecule has 0 radical (unpaired) electrons. The van der Waals surface area contributed by atoms with Gasteiger partial charge in [0.05, 0.1) is 17.2 Å². The third-order valence-corrected chi connectivity index (χ3v) is 5.10. The molecule has 130 valence electrons. The van der Waals surface area contributed by atoms with E-state index in [1.807, 2.05) is 24.3 Å². The minimum absolute atomic E-state index is 0.0202. The number of para-hydroxylation sites is 1. The van der Waals surface area contributed by atoms with Crippen LogP contribution in [0.5, 0.6) is 5.75 Å². The molecule has 6 heteroatoms. The number of carbonyl (C=O) groups is 3. The van der Waals surface area contributed by atoms with E-state index < -0.39 is 0 Å². The summed E-state index contributed by atoms with van der Waals surface area (Å²) in [7, 11) is 0. The molecule has 2 aromatic carbocycles. The Morgan fingerprint density at radius 1 is 1.04 bits per heavy atom. The average Bonchev–Trinajstić information content (AvgIpc) is 3.36. The third kappa shape index (κ3) is 2.22. The van der Waals surface area contributed by atoms with Gasteiger partial charge in [0.25, 0.3) is 17.7 Å². The van der Waals surface area contributed by atoms with Crippen molar-refractivity contribution in [2.75, 3.05) is 6.61 Å². The molecule has 2 aliphatic heterocycles. The van der Waals surface area contributed by atoms with Gasteiger partial charge in [0, 0.05) is 17.2 Å². The minimum atomic E-state index is -0.295. The number of benzene rings is 2. The first-order chi connectivity index (χ1) is 12.6. The first-order valence-electron chi connectivity index (χ1n) is 8.68. The molecule has 2 aromatic rings. The van der Waals surface area contributed by atoms with Crippen LogP contribution in [0.3, 0.4) is 0 Å². The maximum absolute atomic E-state index is 12.6. The zero-order valence-electron chi connectivity index (χ0n) is 13.9. The van der Waals surface area contributed by atoms with Crippen LogP contribution in [0.25, 0.3) is 0 Å². The van der Waals surface area contributed by atoms with Crippen molar-refractivity contribution in [2.45, 2.75) is 24.9 Å². The van der Waals surface area contributed by atoms with Crippen molar-refractivity contribution in [2.24, 2.45) is 0 Å². The van der Waals surface area contributed by atoms with E-state index in [9.17, 15) is 14.4 Å². The predicted octanol–water partition coefficient (Wildman–Crippen LogP) is 2.31. The Kier molecular flexibility index (Phi) is 3.16. The topological polar surface area (TPSA) is 75.7 Å². The summed E-state index contributed by atoms with van der Waals surface area (Å²) in [6.07, 6.45) is 1.72. The molecular weight excluding hydrogens is 332 g/mol. The van der Waals surface area contributed by atoms with E-state index >= 15 is 0 Å². The van der Waals surface area contributed by atoms with Gasteiger partial charge in [-0.25, -0.2) is 0 Å². The van der Waals surface area contributed by atoms with Crippen molar-refractivity contribution in [3.8, 4) is 5.75 Å². The van der Waals surface area contributed by atoms with E-state index in [-0.39, 0.29) is 29.8 Å². The Labute approximate surface area is 149 Å². The summed E-state index contributed by atoms with van der Waals surface area (Å²) >= 11 is 0. The van der Waals surface area contributed by atoms with E-state index in [1.165, 1.54) is 11.0 Å². The fourth-order valence-electron chi connectivity index (χ4n) is 3.59. The third-order valence-electron chi connectivity index (χ3n) is 5.10. The summed E-state index contributed by atoms with van der Waals surface area (Å²) in [5.41, 5.74) is 2.01. The van der Waals surface area contributed by atoms with Gasteiger partial charge in [-0.1, -0.05) is 18.2 Å². The quantitative estimate of drug-likeness (QED) is 0.864. The normalized spacial score (nSPS) is 20.6. The van der Waals surface area contributed by atoms with Crippen LogP contribution in [0.1, 0.15) is 55.5 Å². The van der Waals surface area contributed by atoms with E-state index in [2.05, 4.69) is 5.32 Å². The maximum atomic E-state index is 12.6.